The minimum absolute atomic E-state index is 0.0116. The van der Waals surface area contributed by atoms with Crippen LogP contribution in [0, 0.1) is 0 Å². The Kier molecular flexibility index (Phi) is 3.07. The summed E-state index contributed by atoms with van der Waals surface area (Å²) in [5, 5.41) is 8.95. The van der Waals surface area contributed by atoms with Gasteiger partial charge in [0.25, 0.3) is 5.91 Å². The number of nitrogens with zero attached hydrogens (tertiary/aromatic N) is 4. The van der Waals surface area contributed by atoms with Gasteiger partial charge in [-0.15, -0.1) is 0 Å². The Hall–Kier alpha value is -1.93. The molecule has 0 aliphatic heterocycles. The molecule has 0 bridgehead atoms. The molecule has 0 unspecified atom stereocenters. The first-order valence-corrected chi connectivity index (χ1v) is 4.90. The van der Waals surface area contributed by atoms with Crippen molar-refractivity contribution >= 4 is 40.7 Å². The summed E-state index contributed by atoms with van der Waals surface area (Å²) < 4.78 is 4.28. The van der Waals surface area contributed by atoms with Crippen molar-refractivity contribution in [2.75, 3.05) is 11.1 Å². The van der Waals surface area contributed by atoms with E-state index < -0.39 is 5.91 Å². The first-order chi connectivity index (χ1) is 8.09. The van der Waals surface area contributed by atoms with Crippen LogP contribution in [0.1, 0.15) is 10.5 Å². The number of hydrogen-bond acceptors (Lipinski definition) is 7. The fourth-order valence-corrected chi connectivity index (χ4v) is 1.23. The predicted molar refractivity (Wildman–Crippen MR) is 58.7 cm³/mol. The highest BCUT2D eigenvalue weighted by atomic mass is 35.5. The highest BCUT2D eigenvalue weighted by Gasteiger charge is 2.18. The van der Waals surface area contributed by atoms with E-state index in [0.717, 1.165) is 6.33 Å². The second kappa shape index (κ2) is 4.52. The molecule has 0 atom stereocenters. The second-order valence-corrected chi connectivity index (χ2v) is 3.52. The summed E-state index contributed by atoms with van der Waals surface area (Å²) >= 11 is 11.4. The van der Waals surface area contributed by atoms with Crippen LogP contribution in [-0.2, 0) is 0 Å². The predicted octanol–water partition coefficient (Wildman–Crippen LogP) is 1.00. The molecule has 10 heteroatoms. The number of carbonyl (C=O) groups excluding carboxylic acids is 1. The molecule has 2 aromatic heterocycles. The molecule has 0 saturated carbocycles. The third-order valence-corrected chi connectivity index (χ3v) is 2.45. The van der Waals surface area contributed by atoms with Crippen LogP contribution in [0.3, 0.4) is 0 Å². The zero-order valence-corrected chi connectivity index (χ0v) is 9.53. The number of aromatic nitrogens is 4. The van der Waals surface area contributed by atoms with Crippen LogP contribution in [0.4, 0.5) is 11.6 Å². The van der Waals surface area contributed by atoms with Gasteiger partial charge < -0.3 is 11.1 Å². The van der Waals surface area contributed by atoms with Gasteiger partial charge in [0.1, 0.15) is 11.3 Å². The molecule has 2 rings (SSSR count). The smallest absolute Gasteiger partial charge is 0.283 e. The van der Waals surface area contributed by atoms with Crippen LogP contribution in [0.25, 0.3) is 0 Å². The van der Waals surface area contributed by atoms with E-state index in [1.54, 1.807) is 0 Å². The normalized spacial score (nSPS) is 10.2. The van der Waals surface area contributed by atoms with Crippen LogP contribution < -0.4 is 11.1 Å². The van der Waals surface area contributed by atoms with E-state index in [-0.39, 0.29) is 27.5 Å². The number of halogens is 2. The Bertz CT molecular complexity index is 571. The quantitative estimate of drug-likeness (QED) is 0.784. The molecule has 2 heterocycles. The SMILES string of the molecule is Nc1nonc1C(=O)Nc1ncnc(Cl)c1Cl. The average Bonchev–Trinajstić information content (AvgIpc) is 2.71. The fraction of sp³-hybridized carbons (Fsp3) is 0. The Balaban J connectivity index is 2.25. The summed E-state index contributed by atoms with van der Waals surface area (Å²) in [4.78, 5) is 19.0. The van der Waals surface area contributed by atoms with Gasteiger partial charge in [-0.3, -0.25) is 4.79 Å². The number of hydrogen-bond donors (Lipinski definition) is 2. The number of anilines is 2. The topological polar surface area (TPSA) is 120 Å². The van der Waals surface area contributed by atoms with Crippen molar-refractivity contribution in [3.8, 4) is 0 Å². The summed E-state index contributed by atoms with van der Waals surface area (Å²) in [5.41, 5.74) is 5.17. The number of rotatable bonds is 2. The van der Waals surface area contributed by atoms with Crippen molar-refractivity contribution < 1.29 is 9.42 Å². The number of carbonyl (C=O) groups is 1. The molecule has 2 aromatic rings. The lowest BCUT2D eigenvalue weighted by Gasteiger charge is -2.04. The third-order valence-electron chi connectivity index (χ3n) is 1.71. The molecule has 0 aromatic carbocycles. The van der Waals surface area contributed by atoms with E-state index in [1.807, 2.05) is 0 Å². The molecule has 1 amide bonds. The Morgan fingerprint density at radius 2 is 2.12 bits per heavy atom. The Labute approximate surface area is 104 Å². The van der Waals surface area contributed by atoms with E-state index in [2.05, 4.69) is 30.2 Å². The summed E-state index contributed by atoms with van der Waals surface area (Å²) in [6.45, 7) is 0. The fourth-order valence-electron chi connectivity index (χ4n) is 0.955. The van der Waals surface area contributed by atoms with Gasteiger partial charge >= 0.3 is 0 Å². The van der Waals surface area contributed by atoms with Crippen molar-refractivity contribution in [3.05, 3.63) is 22.2 Å². The van der Waals surface area contributed by atoms with Gasteiger partial charge in [-0.2, -0.15) is 0 Å². The highest BCUT2D eigenvalue weighted by molar-refractivity contribution is 6.43. The summed E-state index contributed by atoms with van der Waals surface area (Å²) in [6, 6.07) is 0. The first-order valence-electron chi connectivity index (χ1n) is 4.15. The van der Waals surface area contributed by atoms with Crippen molar-refractivity contribution in [1.29, 1.82) is 0 Å². The van der Waals surface area contributed by atoms with Crippen molar-refractivity contribution in [2.45, 2.75) is 0 Å². The Morgan fingerprint density at radius 3 is 2.76 bits per heavy atom. The molecule has 0 saturated heterocycles. The van der Waals surface area contributed by atoms with E-state index in [0.29, 0.717) is 0 Å². The molecule has 0 radical (unpaired) electrons. The van der Waals surface area contributed by atoms with Crippen LogP contribution in [0.15, 0.2) is 11.0 Å². The van der Waals surface area contributed by atoms with E-state index >= 15 is 0 Å². The zero-order chi connectivity index (χ0) is 12.4. The molecule has 0 aliphatic carbocycles. The van der Waals surface area contributed by atoms with Gasteiger partial charge in [0, 0.05) is 0 Å². The van der Waals surface area contributed by atoms with Crippen molar-refractivity contribution in [2.24, 2.45) is 0 Å². The van der Waals surface area contributed by atoms with Gasteiger partial charge in [0.05, 0.1) is 0 Å². The van der Waals surface area contributed by atoms with Gasteiger partial charge in [0.15, 0.2) is 11.0 Å². The molecule has 0 spiro atoms. The average molecular weight is 275 g/mol. The van der Waals surface area contributed by atoms with Crippen LogP contribution >= 0.6 is 23.2 Å². The summed E-state index contributed by atoms with van der Waals surface area (Å²) in [5.74, 6) is -0.766. The molecular formula is C7H4Cl2N6O2. The largest absolute Gasteiger partial charge is 0.379 e. The Morgan fingerprint density at radius 1 is 1.35 bits per heavy atom. The monoisotopic (exact) mass is 274 g/mol. The van der Waals surface area contributed by atoms with E-state index in [9.17, 15) is 4.79 Å². The minimum atomic E-state index is -0.666. The lowest BCUT2D eigenvalue weighted by atomic mass is 10.4. The lowest BCUT2D eigenvalue weighted by Crippen LogP contribution is -2.15. The second-order valence-electron chi connectivity index (χ2n) is 2.78. The molecular weight excluding hydrogens is 271 g/mol. The van der Waals surface area contributed by atoms with Crippen LogP contribution in [0.2, 0.25) is 10.2 Å². The molecule has 3 N–H and O–H groups in total. The molecule has 0 aliphatic rings. The number of nitrogens with one attached hydrogen (secondary N) is 1. The molecule has 17 heavy (non-hydrogen) atoms. The third kappa shape index (κ3) is 2.27. The van der Waals surface area contributed by atoms with Gasteiger partial charge in [-0.25, -0.2) is 14.6 Å². The maximum absolute atomic E-state index is 11.6. The highest BCUT2D eigenvalue weighted by Crippen LogP contribution is 2.25. The standard InChI is InChI=1S/C7H4Cl2N6O2/c8-2-4(9)11-1-12-6(2)13-7(16)3-5(10)15-17-14-3/h1H,(H2,10,15)(H,11,12,13,16). The minimum Gasteiger partial charge on any atom is -0.379 e. The summed E-state index contributed by atoms with van der Waals surface area (Å²) in [6.07, 6.45) is 1.15. The van der Waals surface area contributed by atoms with Crippen molar-refractivity contribution in [1.82, 2.24) is 20.3 Å². The van der Waals surface area contributed by atoms with Gasteiger partial charge in [0.2, 0.25) is 11.5 Å². The van der Waals surface area contributed by atoms with Gasteiger partial charge in [-0.1, -0.05) is 23.2 Å². The maximum Gasteiger partial charge on any atom is 0.283 e. The zero-order valence-electron chi connectivity index (χ0n) is 8.02. The maximum atomic E-state index is 11.6. The number of nitrogen functional groups attached to an aromatic ring is 1. The number of amides is 1. The molecule has 0 fully saturated rings. The lowest BCUT2D eigenvalue weighted by molar-refractivity contribution is 0.101. The summed E-state index contributed by atoms with van der Waals surface area (Å²) in [7, 11) is 0. The molecule has 88 valence electrons. The van der Waals surface area contributed by atoms with Gasteiger partial charge in [-0.05, 0) is 10.3 Å². The van der Waals surface area contributed by atoms with E-state index in [1.165, 1.54) is 0 Å². The molecule has 8 nitrogen and oxygen atoms in total. The van der Waals surface area contributed by atoms with Crippen LogP contribution in [-0.4, -0.2) is 26.2 Å². The van der Waals surface area contributed by atoms with Crippen LogP contribution in [0.5, 0.6) is 0 Å². The number of nitrogens with two attached hydrogens (primary N) is 1. The van der Waals surface area contributed by atoms with Crippen molar-refractivity contribution in [3.63, 3.8) is 0 Å². The van der Waals surface area contributed by atoms with E-state index in [4.69, 9.17) is 28.9 Å². The first kappa shape index (κ1) is 11.6.